The van der Waals surface area contributed by atoms with Crippen molar-refractivity contribution in [3.05, 3.63) is 54.0 Å². The van der Waals surface area contributed by atoms with Crippen LogP contribution in [0.2, 0.25) is 0 Å². The van der Waals surface area contributed by atoms with Crippen LogP contribution < -0.4 is 10.6 Å². The van der Waals surface area contributed by atoms with Crippen LogP contribution in [-0.2, 0) is 16.0 Å². The minimum Gasteiger partial charge on any atom is -0.444 e. The van der Waals surface area contributed by atoms with Gasteiger partial charge in [0.2, 0.25) is 0 Å². The largest absolute Gasteiger partial charge is 0.444 e. The second-order valence-corrected chi connectivity index (χ2v) is 15.3. The maximum atomic E-state index is 13.5. The van der Waals surface area contributed by atoms with Crippen molar-refractivity contribution in [1.29, 1.82) is 0 Å². The number of carbonyl (C=O) groups is 3. The number of nitrogens with one attached hydrogen (secondary N) is 2. The van der Waals surface area contributed by atoms with Crippen LogP contribution in [-0.4, -0.2) is 73.7 Å². The molecule has 3 aromatic heterocycles. The topological polar surface area (TPSA) is 133 Å². The van der Waals surface area contributed by atoms with E-state index in [0.29, 0.717) is 23.4 Å². The summed E-state index contributed by atoms with van der Waals surface area (Å²) < 4.78 is 14.7. The van der Waals surface area contributed by atoms with Gasteiger partial charge in [0.05, 0.1) is 23.3 Å². The van der Waals surface area contributed by atoms with E-state index in [-0.39, 0.29) is 18.0 Å². The lowest BCUT2D eigenvalue weighted by atomic mass is 10.1. The Kier molecular flexibility index (Phi) is 11.5. The van der Waals surface area contributed by atoms with E-state index in [0.717, 1.165) is 86.4 Å². The average Bonchev–Trinajstić information content (AvgIpc) is 3.74. The molecule has 50 heavy (non-hydrogen) atoms. The summed E-state index contributed by atoms with van der Waals surface area (Å²) in [6.07, 6.45) is 11.0. The average molecular weight is 688 g/mol. The number of hydrogen-bond acceptors (Lipinski definition) is 8. The molecule has 1 aliphatic heterocycles. The Bertz CT molecular complexity index is 1810. The number of alkyl carbamates (subject to hydrolysis) is 1. The normalized spacial score (nSPS) is 15.5. The Morgan fingerprint density at radius 3 is 2.26 bits per heavy atom. The zero-order valence-corrected chi connectivity index (χ0v) is 30.7. The summed E-state index contributed by atoms with van der Waals surface area (Å²) in [4.78, 5) is 45.4. The number of likely N-dealkylation sites (tertiary alicyclic amines) is 1. The maximum Gasteiger partial charge on any atom is 0.419 e. The number of fused-ring (bicyclic) bond motifs is 2. The van der Waals surface area contributed by atoms with Crippen molar-refractivity contribution >= 4 is 45.7 Å². The maximum absolute atomic E-state index is 13.5. The number of amides is 2. The van der Waals surface area contributed by atoms with Gasteiger partial charge >= 0.3 is 12.2 Å². The number of ether oxygens (including phenoxy) is 2. The van der Waals surface area contributed by atoms with Crippen LogP contribution in [0, 0.1) is 0 Å². The first-order chi connectivity index (χ1) is 23.7. The number of benzene rings is 1. The SMILES string of the molecule is CN1CCC[C@@H]1c1cc2cnc(NC(=O)c3ccc4c(cnn4CCCCCCCCNC(=O)OC(C)(C)C)c3)cc2n1C(=O)OC(C)(C)C. The first-order valence-corrected chi connectivity index (χ1v) is 17.9. The molecular weight excluding hydrogens is 634 g/mol. The minimum absolute atomic E-state index is 0.0897. The lowest BCUT2D eigenvalue weighted by Gasteiger charge is -2.24. The first kappa shape index (κ1) is 36.8. The Hall–Kier alpha value is -4.45. The summed E-state index contributed by atoms with van der Waals surface area (Å²) in [6, 6.07) is 9.42. The van der Waals surface area contributed by atoms with Crippen molar-refractivity contribution in [3.8, 4) is 0 Å². The summed E-state index contributed by atoms with van der Waals surface area (Å²) in [7, 11) is 2.07. The van der Waals surface area contributed by atoms with E-state index in [1.54, 1.807) is 29.1 Å². The third-order valence-electron chi connectivity index (χ3n) is 8.76. The lowest BCUT2D eigenvalue weighted by Crippen LogP contribution is -2.32. The summed E-state index contributed by atoms with van der Waals surface area (Å²) in [5, 5.41) is 12.0. The zero-order chi connectivity index (χ0) is 36.1. The number of aryl methyl sites for hydroxylation is 1. The molecule has 4 heterocycles. The Balaban J connectivity index is 1.16. The van der Waals surface area contributed by atoms with Gasteiger partial charge in [-0.25, -0.2) is 19.1 Å². The highest BCUT2D eigenvalue weighted by atomic mass is 16.6. The van der Waals surface area contributed by atoms with Crippen LogP contribution >= 0.6 is 0 Å². The van der Waals surface area contributed by atoms with Crippen LogP contribution in [0.4, 0.5) is 15.4 Å². The van der Waals surface area contributed by atoms with Crippen molar-refractivity contribution < 1.29 is 23.9 Å². The highest BCUT2D eigenvalue weighted by molar-refractivity contribution is 6.06. The molecule has 0 saturated carbocycles. The zero-order valence-electron chi connectivity index (χ0n) is 30.7. The van der Waals surface area contributed by atoms with Crippen LogP contribution in [0.5, 0.6) is 0 Å². The molecule has 1 saturated heterocycles. The number of pyridine rings is 1. The van der Waals surface area contributed by atoms with Crippen LogP contribution in [0.25, 0.3) is 21.8 Å². The minimum atomic E-state index is -0.659. The molecule has 4 aromatic rings. The summed E-state index contributed by atoms with van der Waals surface area (Å²) in [5.74, 6) is 0.0609. The lowest BCUT2D eigenvalue weighted by molar-refractivity contribution is 0.0518. The molecule has 2 N–H and O–H groups in total. The van der Waals surface area contributed by atoms with Gasteiger partial charge in [-0.1, -0.05) is 25.7 Å². The fourth-order valence-corrected chi connectivity index (χ4v) is 6.43. The monoisotopic (exact) mass is 687 g/mol. The van der Waals surface area contributed by atoms with Gasteiger partial charge in [-0.05, 0) is 105 Å². The molecule has 0 bridgehead atoms. The van der Waals surface area contributed by atoms with Gasteiger partial charge in [-0.3, -0.25) is 14.4 Å². The molecule has 0 aliphatic carbocycles. The van der Waals surface area contributed by atoms with E-state index in [4.69, 9.17) is 9.47 Å². The summed E-state index contributed by atoms with van der Waals surface area (Å²) in [5.41, 5.74) is 1.85. The molecule has 270 valence electrons. The van der Waals surface area contributed by atoms with E-state index in [2.05, 4.69) is 32.7 Å². The van der Waals surface area contributed by atoms with Gasteiger partial charge in [0.15, 0.2) is 0 Å². The predicted molar refractivity (Wildman–Crippen MR) is 196 cm³/mol. The molecule has 12 heteroatoms. The number of unbranched alkanes of at least 4 members (excludes halogenated alkanes) is 5. The van der Waals surface area contributed by atoms with Gasteiger partial charge in [0.25, 0.3) is 5.91 Å². The van der Waals surface area contributed by atoms with Crippen molar-refractivity contribution in [2.24, 2.45) is 0 Å². The Morgan fingerprint density at radius 1 is 0.860 bits per heavy atom. The molecule has 5 rings (SSSR count). The van der Waals surface area contributed by atoms with Crippen LogP contribution in [0.15, 0.2) is 42.7 Å². The van der Waals surface area contributed by atoms with Gasteiger partial charge in [0.1, 0.15) is 17.0 Å². The van der Waals surface area contributed by atoms with Crippen molar-refractivity contribution in [2.45, 2.75) is 117 Å². The number of hydrogen-bond donors (Lipinski definition) is 2. The summed E-state index contributed by atoms with van der Waals surface area (Å²) >= 11 is 0. The molecule has 0 radical (unpaired) electrons. The van der Waals surface area contributed by atoms with Crippen molar-refractivity contribution in [3.63, 3.8) is 0 Å². The molecule has 1 aromatic carbocycles. The van der Waals surface area contributed by atoms with E-state index in [1.807, 2.05) is 64.4 Å². The van der Waals surface area contributed by atoms with E-state index in [9.17, 15) is 14.4 Å². The molecule has 1 aliphatic rings. The highest BCUT2D eigenvalue weighted by Gasteiger charge is 2.31. The van der Waals surface area contributed by atoms with Gasteiger partial charge < -0.3 is 20.1 Å². The van der Waals surface area contributed by atoms with Crippen LogP contribution in [0.1, 0.15) is 115 Å². The molecule has 0 unspecified atom stereocenters. The second-order valence-electron chi connectivity index (χ2n) is 15.3. The standard InChI is InChI=1S/C38H53N7O5/c1-37(2,3)49-35(47)39-18-12-10-8-9-11-13-20-44-29-17-16-26(21-27(29)25-41-44)34(46)42-33-23-31-28(24-40-33)22-32(30-15-14-19-43(30)7)45(31)36(48)50-38(4,5)6/h16-17,21-25,30H,8-15,18-20H2,1-7H3,(H,39,47)(H,40,42,46)/t30-/m1/s1. The fourth-order valence-electron chi connectivity index (χ4n) is 6.43. The molecule has 1 fully saturated rings. The van der Waals surface area contributed by atoms with Crippen molar-refractivity contribution in [1.82, 2.24) is 29.5 Å². The van der Waals surface area contributed by atoms with Crippen molar-refractivity contribution in [2.75, 3.05) is 25.5 Å². The van der Waals surface area contributed by atoms with Gasteiger partial charge in [0, 0.05) is 47.4 Å². The Labute approximate surface area is 294 Å². The number of nitrogens with zero attached hydrogens (tertiary/aromatic N) is 5. The number of aromatic nitrogens is 4. The third-order valence-corrected chi connectivity index (χ3v) is 8.76. The number of rotatable bonds is 12. The van der Waals surface area contributed by atoms with E-state index >= 15 is 0 Å². The molecule has 12 nitrogen and oxygen atoms in total. The number of anilines is 1. The Morgan fingerprint density at radius 2 is 1.56 bits per heavy atom. The number of carbonyl (C=O) groups excluding carboxylic acids is 3. The molecule has 1 atom stereocenters. The first-order valence-electron chi connectivity index (χ1n) is 17.9. The summed E-state index contributed by atoms with van der Waals surface area (Å²) in [6.45, 7) is 13.5. The fraction of sp³-hybridized carbons (Fsp3) is 0.553. The van der Waals surface area contributed by atoms with Gasteiger partial charge in [-0.2, -0.15) is 5.10 Å². The molecular formula is C38H53N7O5. The van der Waals surface area contributed by atoms with Crippen LogP contribution in [0.3, 0.4) is 0 Å². The molecule has 2 amide bonds. The molecule has 0 spiro atoms. The smallest absolute Gasteiger partial charge is 0.419 e. The quantitative estimate of drug-likeness (QED) is 0.143. The highest BCUT2D eigenvalue weighted by Crippen LogP contribution is 2.35. The van der Waals surface area contributed by atoms with E-state index in [1.165, 1.54) is 0 Å². The predicted octanol–water partition coefficient (Wildman–Crippen LogP) is 8.05. The van der Waals surface area contributed by atoms with E-state index < -0.39 is 17.3 Å². The van der Waals surface area contributed by atoms with Gasteiger partial charge in [-0.15, -0.1) is 0 Å². The second kappa shape index (κ2) is 15.6. The third kappa shape index (κ3) is 9.62.